The number of amidine groups is 2. The van der Waals surface area contributed by atoms with Crippen LogP contribution in [0.4, 0.5) is 4.39 Å². The number of benzene rings is 1. The fourth-order valence-electron chi connectivity index (χ4n) is 1.13. The fraction of sp³-hybridized carbons (Fsp3) is 0.385. The van der Waals surface area contributed by atoms with Crippen molar-refractivity contribution in [3.63, 3.8) is 0 Å². The molecule has 0 radical (unpaired) electrons. The van der Waals surface area contributed by atoms with E-state index in [4.69, 9.17) is 22.3 Å². The lowest BCUT2D eigenvalue weighted by atomic mass is 10.1. The quantitative estimate of drug-likeness (QED) is 0.495. The maximum atomic E-state index is 12.5. The predicted octanol–water partition coefficient (Wildman–Crippen LogP) is 2.84. The summed E-state index contributed by atoms with van der Waals surface area (Å²) in [5, 5.41) is 13.5. The zero-order valence-electron chi connectivity index (χ0n) is 11.1. The van der Waals surface area contributed by atoms with Gasteiger partial charge in [-0.05, 0) is 30.5 Å². The molecule has 0 aliphatic rings. The van der Waals surface area contributed by atoms with Crippen LogP contribution in [0.5, 0.6) is 0 Å². The molecule has 108 valence electrons. The van der Waals surface area contributed by atoms with E-state index in [1.165, 1.54) is 12.1 Å². The van der Waals surface area contributed by atoms with Crippen LogP contribution in [0.1, 0.15) is 31.7 Å². The number of nitrogens with two attached hydrogens (primary N) is 2. The molecule has 1 rings (SSSR count). The Bertz CT molecular complexity index is 379. The van der Waals surface area contributed by atoms with Gasteiger partial charge in [0.1, 0.15) is 5.82 Å². The van der Waals surface area contributed by atoms with Gasteiger partial charge in [-0.2, -0.15) is 0 Å². The van der Waals surface area contributed by atoms with E-state index in [1.54, 1.807) is 12.1 Å². The van der Waals surface area contributed by atoms with Crippen molar-refractivity contribution in [3.05, 3.63) is 35.6 Å². The van der Waals surface area contributed by atoms with Crippen molar-refractivity contribution in [1.29, 1.82) is 10.8 Å². The highest BCUT2D eigenvalue weighted by atomic mass is 35.5. The molecule has 0 saturated carbocycles. The first-order valence-corrected chi connectivity index (χ1v) is 5.86. The summed E-state index contributed by atoms with van der Waals surface area (Å²) in [6, 6.07) is 6.41. The van der Waals surface area contributed by atoms with E-state index in [2.05, 4.69) is 0 Å². The van der Waals surface area contributed by atoms with Gasteiger partial charge in [0.25, 0.3) is 0 Å². The SMILES string of the molecule is CCC(=N)N.Cl.N=C(N)CCCc1ccc(F)cc1. The van der Waals surface area contributed by atoms with E-state index < -0.39 is 0 Å². The number of halogens is 2. The van der Waals surface area contributed by atoms with Gasteiger partial charge in [0.05, 0.1) is 11.7 Å². The average molecular weight is 289 g/mol. The third-order valence-electron chi connectivity index (χ3n) is 2.21. The minimum atomic E-state index is -0.213. The van der Waals surface area contributed by atoms with Gasteiger partial charge >= 0.3 is 0 Å². The Kier molecular flexibility index (Phi) is 11.9. The van der Waals surface area contributed by atoms with Gasteiger partial charge in [-0.3, -0.25) is 10.8 Å². The van der Waals surface area contributed by atoms with Crippen molar-refractivity contribution < 1.29 is 4.39 Å². The lowest BCUT2D eigenvalue weighted by Gasteiger charge is -2.00. The van der Waals surface area contributed by atoms with E-state index in [0.717, 1.165) is 18.4 Å². The van der Waals surface area contributed by atoms with Crippen molar-refractivity contribution in [2.45, 2.75) is 32.6 Å². The summed E-state index contributed by atoms with van der Waals surface area (Å²) in [6.07, 6.45) is 2.97. The molecule has 0 atom stereocenters. The zero-order valence-corrected chi connectivity index (χ0v) is 11.9. The Morgan fingerprint density at radius 3 is 1.95 bits per heavy atom. The first-order valence-electron chi connectivity index (χ1n) is 5.86. The van der Waals surface area contributed by atoms with Crippen LogP contribution in [0, 0.1) is 16.6 Å². The lowest BCUT2D eigenvalue weighted by Crippen LogP contribution is -2.09. The summed E-state index contributed by atoms with van der Waals surface area (Å²) >= 11 is 0. The summed E-state index contributed by atoms with van der Waals surface area (Å²) in [5.74, 6) is 0.252. The highest BCUT2D eigenvalue weighted by molar-refractivity contribution is 5.85. The monoisotopic (exact) mass is 288 g/mol. The van der Waals surface area contributed by atoms with Crippen LogP contribution in [0.2, 0.25) is 0 Å². The number of hydrogen-bond donors (Lipinski definition) is 4. The molecule has 19 heavy (non-hydrogen) atoms. The van der Waals surface area contributed by atoms with Gasteiger partial charge in [-0.1, -0.05) is 19.1 Å². The Labute approximate surface area is 119 Å². The highest BCUT2D eigenvalue weighted by Gasteiger charge is 1.95. The first kappa shape index (κ1) is 19.7. The minimum Gasteiger partial charge on any atom is -0.388 e. The van der Waals surface area contributed by atoms with Gasteiger partial charge in [0.15, 0.2) is 0 Å². The lowest BCUT2D eigenvalue weighted by molar-refractivity contribution is 0.626. The maximum Gasteiger partial charge on any atom is 0.123 e. The largest absolute Gasteiger partial charge is 0.388 e. The third-order valence-corrected chi connectivity index (χ3v) is 2.21. The summed E-state index contributed by atoms with van der Waals surface area (Å²) < 4.78 is 12.5. The van der Waals surface area contributed by atoms with Gasteiger partial charge in [0, 0.05) is 12.8 Å². The molecule has 0 heterocycles. The van der Waals surface area contributed by atoms with E-state index in [9.17, 15) is 4.39 Å². The van der Waals surface area contributed by atoms with Gasteiger partial charge in [-0.15, -0.1) is 12.4 Å². The molecule has 0 amide bonds. The summed E-state index contributed by atoms with van der Waals surface area (Å²) in [5.41, 5.74) is 11.2. The van der Waals surface area contributed by atoms with Crippen molar-refractivity contribution >= 4 is 24.1 Å². The molecule has 0 aliphatic heterocycles. The van der Waals surface area contributed by atoms with Crippen molar-refractivity contribution in [2.75, 3.05) is 0 Å². The van der Waals surface area contributed by atoms with E-state index in [0.29, 0.717) is 12.8 Å². The highest BCUT2D eigenvalue weighted by Crippen LogP contribution is 2.06. The average Bonchev–Trinajstić information content (AvgIpc) is 2.32. The fourth-order valence-corrected chi connectivity index (χ4v) is 1.13. The smallest absolute Gasteiger partial charge is 0.123 e. The normalized spacial score (nSPS) is 8.74. The van der Waals surface area contributed by atoms with Crippen LogP contribution in [-0.2, 0) is 6.42 Å². The van der Waals surface area contributed by atoms with E-state index >= 15 is 0 Å². The zero-order chi connectivity index (χ0) is 14.0. The van der Waals surface area contributed by atoms with Crippen molar-refractivity contribution in [3.8, 4) is 0 Å². The molecular weight excluding hydrogens is 267 g/mol. The number of aryl methyl sites for hydroxylation is 1. The molecule has 1 aromatic rings. The molecule has 0 saturated heterocycles. The number of hydrogen-bond acceptors (Lipinski definition) is 2. The van der Waals surface area contributed by atoms with Crippen LogP contribution < -0.4 is 11.5 Å². The summed E-state index contributed by atoms with van der Waals surface area (Å²) in [7, 11) is 0. The molecule has 6 heteroatoms. The molecule has 6 N–H and O–H groups in total. The molecule has 0 fully saturated rings. The molecular formula is C13H22ClFN4. The topological polar surface area (TPSA) is 99.7 Å². The second-order valence-electron chi connectivity index (χ2n) is 3.88. The van der Waals surface area contributed by atoms with Crippen molar-refractivity contribution in [2.24, 2.45) is 11.5 Å². The van der Waals surface area contributed by atoms with E-state index in [-0.39, 0.29) is 29.9 Å². The molecule has 4 nitrogen and oxygen atoms in total. The van der Waals surface area contributed by atoms with Crippen molar-refractivity contribution in [1.82, 2.24) is 0 Å². The predicted molar refractivity (Wildman–Crippen MR) is 80.7 cm³/mol. The molecule has 0 aromatic heterocycles. The Morgan fingerprint density at radius 2 is 1.58 bits per heavy atom. The molecule has 0 spiro atoms. The second-order valence-corrected chi connectivity index (χ2v) is 3.88. The van der Waals surface area contributed by atoms with E-state index in [1.807, 2.05) is 6.92 Å². The van der Waals surface area contributed by atoms with Gasteiger partial charge in [0.2, 0.25) is 0 Å². The number of rotatable bonds is 5. The molecule has 0 aliphatic carbocycles. The van der Waals surface area contributed by atoms with Crippen LogP contribution in [0.3, 0.4) is 0 Å². The summed E-state index contributed by atoms with van der Waals surface area (Å²) in [6.45, 7) is 1.85. The molecule has 0 unspecified atom stereocenters. The Morgan fingerprint density at radius 1 is 1.11 bits per heavy atom. The van der Waals surface area contributed by atoms with Crippen LogP contribution >= 0.6 is 12.4 Å². The minimum absolute atomic E-state index is 0. The Hall–Kier alpha value is -1.62. The Balaban J connectivity index is 0. The summed E-state index contributed by atoms with van der Waals surface area (Å²) in [4.78, 5) is 0. The molecule has 1 aromatic carbocycles. The molecule has 0 bridgehead atoms. The van der Waals surface area contributed by atoms with Gasteiger partial charge in [-0.25, -0.2) is 4.39 Å². The first-order chi connectivity index (χ1) is 8.45. The van der Waals surface area contributed by atoms with Crippen LogP contribution in [-0.4, -0.2) is 11.7 Å². The standard InChI is InChI=1S/C10H13FN2.C3H8N2.ClH/c11-9-6-4-8(5-7-9)2-1-3-10(12)13;1-2-3(4)5;/h4-7H,1-3H2,(H3,12,13);2H2,1H3,(H3,4,5);1H. The second kappa shape index (κ2) is 11.5. The number of nitrogens with one attached hydrogen (secondary N) is 2. The third kappa shape index (κ3) is 12.6. The van der Waals surface area contributed by atoms with Crippen LogP contribution in [0.25, 0.3) is 0 Å². The van der Waals surface area contributed by atoms with Crippen LogP contribution in [0.15, 0.2) is 24.3 Å². The maximum absolute atomic E-state index is 12.5. The van der Waals surface area contributed by atoms with Gasteiger partial charge < -0.3 is 11.5 Å².